The summed E-state index contributed by atoms with van der Waals surface area (Å²) in [5.41, 5.74) is -1.00. The Morgan fingerprint density at radius 1 is 1.21 bits per heavy atom. The molecular weight excluding hydrogens is 204 g/mol. The van der Waals surface area contributed by atoms with Crippen molar-refractivity contribution in [3.8, 4) is 0 Å². The van der Waals surface area contributed by atoms with Crippen molar-refractivity contribution in [2.45, 2.75) is 13.8 Å². The highest BCUT2D eigenvalue weighted by molar-refractivity contribution is 7.80. The van der Waals surface area contributed by atoms with Crippen LogP contribution in [-0.2, 0) is 4.74 Å². The molecule has 0 amide bonds. The average molecular weight is 222 g/mol. The van der Waals surface area contributed by atoms with E-state index in [4.69, 9.17) is 32.3 Å². The monoisotopic (exact) mass is 222 g/mol. The van der Waals surface area contributed by atoms with Crippen LogP contribution in [0.2, 0.25) is 0 Å². The molecule has 14 heavy (non-hydrogen) atoms. The van der Waals surface area contributed by atoms with Gasteiger partial charge < -0.3 is 20.1 Å². The molecule has 5 heteroatoms. The molecule has 0 saturated heterocycles. The number of ether oxygens (including phenoxy) is 1. The normalized spacial score (nSPS) is 11.9. The molecule has 0 unspecified atom stereocenters. The van der Waals surface area contributed by atoms with Crippen LogP contribution >= 0.6 is 12.2 Å². The first kappa shape index (κ1) is 13.8. The fourth-order valence-corrected chi connectivity index (χ4v) is 0.737. The van der Waals surface area contributed by atoms with Gasteiger partial charge in [0, 0.05) is 5.92 Å². The summed E-state index contributed by atoms with van der Waals surface area (Å²) >= 11 is 4.92. The van der Waals surface area contributed by atoms with E-state index < -0.39 is 5.41 Å². The lowest BCUT2D eigenvalue weighted by Crippen LogP contribution is -2.39. The zero-order chi connectivity index (χ0) is 11.2. The second kappa shape index (κ2) is 6.29. The molecular formula is C9H18O4S. The van der Waals surface area contributed by atoms with Gasteiger partial charge in [-0.1, -0.05) is 13.8 Å². The summed E-state index contributed by atoms with van der Waals surface area (Å²) in [6.07, 6.45) is 0. The average Bonchev–Trinajstić information content (AvgIpc) is 2.20. The van der Waals surface area contributed by atoms with Crippen LogP contribution in [0, 0.1) is 11.3 Å². The minimum Gasteiger partial charge on any atom is -0.486 e. The lowest BCUT2D eigenvalue weighted by Gasteiger charge is -2.27. The van der Waals surface area contributed by atoms with Crippen molar-refractivity contribution < 1.29 is 20.1 Å². The molecule has 4 nitrogen and oxygen atoms in total. The molecule has 0 fully saturated rings. The molecule has 0 saturated carbocycles. The lowest BCUT2D eigenvalue weighted by molar-refractivity contribution is -0.0293. The summed E-state index contributed by atoms with van der Waals surface area (Å²) in [7, 11) is 0. The largest absolute Gasteiger partial charge is 0.486 e. The van der Waals surface area contributed by atoms with Gasteiger partial charge in [0.05, 0.1) is 25.2 Å². The summed E-state index contributed by atoms with van der Waals surface area (Å²) in [6, 6.07) is 0. The Morgan fingerprint density at radius 3 is 1.93 bits per heavy atom. The summed E-state index contributed by atoms with van der Waals surface area (Å²) < 4.78 is 5.19. The van der Waals surface area contributed by atoms with Crippen molar-refractivity contribution in [2.24, 2.45) is 11.3 Å². The molecule has 0 bridgehead atoms. The first-order valence-corrected chi connectivity index (χ1v) is 4.91. The van der Waals surface area contributed by atoms with Gasteiger partial charge in [-0.25, -0.2) is 0 Å². The molecule has 3 N–H and O–H groups in total. The fraction of sp³-hybridized carbons (Fsp3) is 0.889. The van der Waals surface area contributed by atoms with Gasteiger partial charge >= 0.3 is 0 Å². The highest BCUT2D eigenvalue weighted by atomic mass is 32.1. The van der Waals surface area contributed by atoms with Gasteiger partial charge in [-0.05, 0) is 12.2 Å². The topological polar surface area (TPSA) is 69.9 Å². The first-order chi connectivity index (χ1) is 6.51. The van der Waals surface area contributed by atoms with Crippen LogP contribution < -0.4 is 0 Å². The van der Waals surface area contributed by atoms with Crippen LogP contribution in [0.5, 0.6) is 0 Å². The van der Waals surface area contributed by atoms with Crippen molar-refractivity contribution in [1.29, 1.82) is 0 Å². The predicted molar refractivity (Wildman–Crippen MR) is 57.1 cm³/mol. The number of aliphatic hydroxyl groups is 3. The van der Waals surface area contributed by atoms with Crippen LogP contribution in [0.1, 0.15) is 13.8 Å². The van der Waals surface area contributed by atoms with Gasteiger partial charge in [-0.3, -0.25) is 0 Å². The minimum atomic E-state index is -1.00. The molecule has 0 aliphatic heterocycles. The van der Waals surface area contributed by atoms with Crippen LogP contribution in [0.4, 0.5) is 0 Å². The third-order valence-electron chi connectivity index (χ3n) is 2.00. The number of aliphatic hydroxyl groups excluding tert-OH is 3. The molecule has 84 valence electrons. The molecule has 0 aromatic rings. The van der Waals surface area contributed by atoms with E-state index >= 15 is 0 Å². The Kier molecular flexibility index (Phi) is 6.19. The SMILES string of the molecule is CC(C)C(=S)OCC(CO)(CO)CO. The minimum absolute atomic E-state index is 0.0352. The van der Waals surface area contributed by atoms with E-state index in [0.29, 0.717) is 5.05 Å². The molecule has 0 radical (unpaired) electrons. The summed E-state index contributed by atoms with van der Waals surface area (Å²) in [6.45, 7) is 2.82. The van der Waals surface area contributed by atoms with E-state index in [-0.39, 0.29) is 32.3 Å². The molecule has 0 spiro atoms. The van der Waals surface area contributed by atoms with Crippen molar-refractivity contribution in [3.05, 3.63) is 0 Å². The Bertz CT molecular complexity index is 169. The van der Waals surface area contributed by atoms with E-state index in [1.807, 2.05) is 13.8 Å². The third kappa shape index (κ3) is 3.88. The molecule has 0 aromatic heterocycles. The first-order valence-electron chi connectivity index (χ1n) is 4.50. The van der Waals surface area contributed by atoms with E-state index in [1.54, 1.807) is 0 Å². The van der Waals surface area contributed by atoms with Crippen molar-refractivity contribution in [2.75, 3.05) is 26.4 Å². The van der Waals surface area contributed by atoms with Crippen LogP contribution in [0.15, 0.2) is 0 Å². The smallest absolute Gasteiger partial charge is 0.162 e. The standard InChI is InChI=1S/C9H18O4S/c1-7(2)8(14)13-6-9(3-10,4-11)5-12/h7,10-12H,3-6H2,1-2H3. The van der Waals surface area contributed by atoms with Gasteiger partial charge in [0.25, 0.3) is 0 Å². The maximum Gasteiger partial charge on any atom is 0.162 e. The zero-order valence-electron chi connectivity index (χ0n) is 8.56. The summed E-state index contributed by atoms with van der Waals surface area (Å²) in [5, 5.41) is 27.4. The molecule has 0 atom stereocenters. The van der Waals surface area contributed by atoms with E-state index in [1.165, 1.54) is 0 Å². The summed E-state index contributed by atoms with van der Waals surface area (Å²) in [5.74, 6) is 0.110. The quantitative estimate of drug-likeness (QED) is 0.550. The maximum atomic E-state index is 8.98. The van der Waals surface area contributed by atoms with E-state index in [9.17, 15) is 0 Å². The second-order valence-electron chi connectivity index (χ2n) is 3.74. The second-order valence-corrected chi connectivity index (χ2v) is 4.14. The summed E-state index contributed by atoms with van der Waals surface area (Å²) in [4.78, 5) is 0. The van der Waals surface area contributed by atoms with Crippen molar-refractivity contribution in [1.82, 2.24) is 0 Å². The third-order valence-corrected chi connectivity index (χ3v) is 2.59. The van der Waals surface area contributed by atoms with Gasteiger partial charge in [0.2, 0.25) is 0 Å². The lowest BCUT2D eigenvalue weighted by atomic mass is 9.92. The van der Waals surface area contributed by atoms with Gasteiger partial charge in [0.1, 0.15) is 6.61 Å². The number of rotatable bonds is 6. The Hall–Kier alpha value is -0.230. The van der Waals surface area contributed by atoms with Crippen LogP contribution in [-0.4, -0.2) is 46.8 Å². The fourth-order valence-electron chi connectivity index (χ4n) is 0.678. The van der Waals surface area contributed by atoms with Gasteiger partial charge in [-0.15, -0.1) is 0 Å². The van der Waals surface area contributed by atoms with E-state index in [0.717, 1.165) is 0 Å². The van der Waals surface area contributed by atoms with Crippen LogP contribution in [0.25, 0.3) is 0 Å². The number of hydrogen-bond donors (Lipinski definition) is 3. The Morgan fingerprint density at radius 2 is 1.64 bits per heavy atom. The number of thiocarbonyl (C=S) groups is 1. The predicted octanol–water partition coefficient (Wildman–Crippen LogP) is -0.0503. The molecule has 0 aliphatic carbocycles. The van der Waals surface area contributed by atoms with Gasteiger partial charge in [0.15, 0.2) is 5.05 Å². The maximum absolute atomic E-state index is 8.98. The van der Waals surface area contributed by atoms with Crippen LogP contribution in [0.3, 0.4) is 0 Å². The molecule has 0 heterocycles. The highest BCUT2D eigenvalue weighted by Gasteiger charge is 2.29. The Labute approximate surface area is 89.5 Å². The van der Waals surface area contributed by atoms with E-state index in [2.05, 4.69) is 0 Å². The zero-order valence-corrected chi connectivity index (χ0v) is 9.38. The number of hydrogen-bond acceptors (Lipinski definition) is 5. The molecule has 0 rings (SSSR count). The molecule has 0 aromatic carbocycles. The molecule has 0 aliphatic rings. The van der Waals surface area contributed by atoms with Crippen molar-refractivity contribution >= 4 is 17.3 Å². The Balaban J connectivity index is 4.12. The van der Waals surface area contributed by atoms with Crippen molar-refractivity contribution in [3.63, 3.8) is 0 Å². The van der Waals surface area contributed by atoms with Gasteiger partial charge in [-0.2, -0.15) is 0 Å². The highest BCUT2D eigenvalue weighted by Crippen LogP contribution is 2.16.